The van der Waals surface area contributed by atoms with Gasteiger partial charge in [-0.15, -0.1) is 0 Å². The Morgan fingerprint density at radius 2 is 1.67 bits per heavy atom. The van der Waals surface area contributed by atoms with E-state index in [1.165, 1.54) is 12.1 Å². The van der Waals surface area contributed by atoms with E-state index in [-0.39, 0.29) is 12.2 Å². The number of carboxylic acids is 1. The van der Waals surface area contributed by atoms with E-state index in [1.807, 2.05) is 60.0 Å². The van der Waals surface area contributed by atoms with Gasteiger partial charge >= 0.3 is 5.97 Å². The minimum Gasteiger partial charge on any atom is -0.496 e. The van der Waals surface area contributed by atoms with Crippen LogP contribution in [0.15, 0.2) is 84.9 Å². The summed E-state index contributed by atoms with van der Waals surface area (Å²) in [4.78, 5) is 17.3. The Balaban J connectivity index is 1.39. The Labute approximate surface area is 284 Å². The summed E-state index contributed by atoms with van der Waals surface area (Å²) in [7, 11) is 3.69. The predicted octanol–water partition coefficient (Wildman–Crippen LogP) is 7.11. The highest BCUT2D eigenvalue weighted by molar-refractivity contribution is 6.33. The molecule has 1 aromatic heterocycles. The Morgan fingerprint density at radius 3 is 2.40 bits per heavy atom. The van der Waals surface area contributed by atoms with Crippen LogP contribution in [-0.4, -0.2) is 85.0 Å². The van der Waals surface area contributed by atoms with E-state index in [1.54, 1.807) is 31.4 Å². The van der Waals surface area contributed by atoms with Crippen molar-refractivity contribution in [3.05, 3.63) is 107 Å². The van der Waals surface area contributed by atoms with Crippen molar-refractivity contribution in [1.29, 1.82) is 0 Å². The highest BCUT2D eigenvalue weighted by Crippen LogP contribution is 2.41. The average Bonchev–Trinajstić information content (AvgIpc) is 3.48. The summed E-state index contributed by atoms with van der Waals surface area (Å²) in [6.45, 7) is 7.33. The van der Waals surface area contributed by atoms with Crippen LogP contribution in [0, 0.1) is 12.7 Å². The van der Waals surface area contributed by atoms with Gasteiger partial charge in [-0.05, 0) is 85.3 Å². The summed E-state index contributed by atoms with van der Waals surface area (Å²) < 4.78 is 34.0. The number of hydrogen-bond donors (Lipinski definition) is 1. The first-order valence-corrected chi connectivity index (χ1v) is 16.4. The van der Waals surface area contributed by atoms with Gasteiger partial charge in [-0.1, -0.05) is 41.9 Å². The molecule has 1 saturated heterocycles. The molecule has 0 bridgehead atoms. The minimum absolute atomic E-state index is 0.0896. The van der Waals surface area contributed by atoms with Gasteiger partial charge < -0.3 is 28.8 Å². The number of fused-ring (bicyclic) bond motifs is 1. The molecule has 1 aliphatic heterocycles. The fraction of sp³-hybridized carbons (Fsp3) is 0.289. The lowest BCUT2D eigenvalue weighted by atomic mass is 10.1. The van der Waals surface area contributed by atoms with Gasteiger partial charge in [-0.25, -0.2) is 9.18 Å². The number of rotatable bonds is 12. The number of carbonyl (C=O) groups is 1. The third kappa shape index (κ3) is 7.13. The summed E-state index contributed by atoms with van der Waals surface area (Å²) in [6.07, 6.45) is -1.11. The van der Waals surface area contributed by atoms with Gasteiger partial charge in [-0.3, -0.25) is 4.90 Å². The number of halogens is 2. The quantitative estimate of drug-likeness (QED) is 0.152. The van der Waals surface area contributed by atoms with Crippen LogP contribution < -0.4 is 14.2 Å². The van der Waals surface area contributed by atoms with Gasteiger partial charge in [0.2, 0.25) is 0 Å². The van der Waals surface area contributed by atoms with E-state index >= 15 is 0 Å². The molecule has 0 spiro atoms. The summed E-state index contributed by atoms with van der Waals surface area (Å²) >= 11 is 6.98. The molecule has 0 amide bonds. The van der Waals surface area contributed by atoms with Crippen LogP contribution in [0.2, 0.25) is 5.02 Å². The Kier molecular flexibility index (Phi) is 10.2. The van der Waals surface area contributed by atoms with Crippen molar-refractivity contribution < 1.29 is 28.5 Å². The Bertz CT molecular complexity index is 1900. The molecule has 1 aliphatic rings. The predicted molar refractivity (Wildman–Crippen MR) is 187 cm³/mol. The van der Waals surface area contributed by atoms with Crippen molar-refractivity contribution in [2.45, 2.75) is 19.4 Å². The smallest absolute Gasteiger partial charge is 0.345 e. The maximum absolute atomic E-state index is 14.0. The van der Waals surface area contributed by atoms with Crippen molar-refractivity contribution in [3.63, 3.8) is 0 Å². The van der Waals surface area contributed by atoms with Gasteiger partial charge in [0.15, 0.2) is 6.10 Å². The van der Waals surface area contributed by atoms with Gasteiger partial charge in [0.25, 0.3) is 0 Å². The summed E-state index contributed by atoms with van der Waals surface area (Å²) in [5, 5.41) is 11.6. The second kappa shape index (κ2) is 14.7. The van der Waals surface area contributed by atoms with E-state index in [9.17, 15) is 14.3 Å². The third-order valence-electron chi connectivity index (χ3n) is 8.89. The van der Waals surface area contributed by atoms with Crippen LogP contribution in [0.25, 0.3) is 27.8 Å². The van der Waals surface area contributed by atoms with Crippen LogP contribution in [-0.2, 0) is 11.2 Å². The number of piperazine rings is 1. The van der Waals surface area contributed by atoms with Crippen LogP contribution in [0.5, 0.6) is 17.2 Å². The average molecular weight is 672 g/mol. The van der Waals surface area contributed by atoms with Crippen molar-refractivity contribution >= 4 is 28.5 Å². The van der Waals surface area contributed by atoms with Crippen LogP contribution in [0.4, 0.5) is 4.39 Å². The number of hydrogen-bond acceptors (Lipinski definition) is 6. The highest BCUT2D eigenvalue weighted by atomic mass is 35.5. The van der Waals surface area contributed by atoms with Gasteiger partial charge in [-0.2, -0.15) is 0 Å². The molecule has 250 valence electrons. The molecule has 8 nitrogen and oxygen atoms in total. The topological polar surface area (TPSA) is 76.4 Å². The summed E-state index contributed by atoms with van der Waals surface area (Å²) in [5.74, 6) is 0.108. The second-order valence-electron chi connectivity index (χ2n) is 12.0. The van der Waals surface area contributed by atoms with E-state index in [0.717, 1.165) is 60.6 Å². The molecule has 6 rings (SSSR count). The molecule has 48 heavy (non-hydrogen) atoms. The number of nitrogens with zero attached hydrogens (tertiary/aromatic N) is 3. The standard InChI is InChI=1S/C38H39ClFN3O5/c1-25-30(15-16-33(36(25)39)47-22-21-42-19-17-41(2)18-20-42)43-31(26-11-13-29(40)14-12-26)23-28-8-6-10-34(37(28)43)48-35(38(44)45)24-27-7-4-5-9-32(27)46-3/h4-16,23,35H,17-22,24H2,1-3H3,(H,44,45). The fourth-order valence-corrected chi connectivity index (χ4v) is 6.38. The number of aliphatic carboxylic acids is 1. The number of para-hydroxylation sites is 2. The molecule has 10 heteroatoms. The van der Waals surface area contributed by atoms with Crippen LogP contribution in [0.1, 0.15) is 11.1 Å². The van der Waals surface area contributed by atoms with E-state index < -0.39 is 12.1 Å². The lowest BCUT2D eigenvalue weighted by Gasteiger charge is -2.32. The number of benzene rings is 4. The van der Waals surface area contributed by atoms with Crippen LogP contribution in [0.3, 0.4) is 0 Å². The van der Waals surface area contributed by atoms with E-state index in [0.29, 0.717) is 40.0 Å². The first kappa shape index (κ1) is 33.3. The molecule has 1 N–H and O–H groups in total. The Hall–Kier alpha value is -4.57. The summed E-state index contributed by atoms with van der Waals surface area (Å²) in [5.41, 5.74) is 4.44. The second-order valence-corrected chi connectivity index (χ2v) is 12.4. The molecular formula is C38H39ClFN3O5. The zero-order valence-corrected chi connectivity index (χ0v) is 28.0. The maximum atomic E-state index is 14.0. The number of aromatic nitrogens is 1. The van der Waals surface area contributed by atoms with Crippen LogP contribution >= 0.6 is 11.6 Å². The Morgan fingerprint density at radius 1 is 0.938 bits per heavy atom. The molecule has 0 aliphatic carbocycles. The van der Waals surface area contributed by atoms with Crippen molar-refractivity contribution in [3.8, 4) is 34.2 Å². The van der Waals surface area contributed by atoms with Crippen molar-refractivity contribution in [1.82, 2.24) is 14.4 Å². The van der Waals surface area contributed by atoms with E-state index in [4.69, 9.17) is 25.8 Å². The largest absolute Gasteiger partial charge is 0.496 e. The normalized spacial score (nSPS) is 14.6. The molecule has 5 aromatic rings. The monoisotopic (exact) mass is 671 g/mol. The lowest BCUT2D eigenvalue weighted by molar-refractivity contribution is -0.145. The molecule has 0 radical (unpaired) electrons. The highest BCUT2D eigenvalue weighted by Gasteiger charge is 2.26. The molecule has 0 saturated carbocycles. The first-order valence-electron chi connectivity index (χ1n) is 16.0. The fourth-order valence-electron chi connectivity index (χ4n) is 6.17. The number of carboxylic acid groups (broad SMARTS) is 1. The molecule has 4 aromatic carbocycles. The maximum Gasteiger partial charge on any atom is 0.345 e. The van der Waals surface area contributed by atoms with Gasteiger partial charge in [0.1, 0.15) is 29.7 Å². The lowest BCUT2D eigenvalue weighted by Crippen LogP contribution is -2.45. The number of ether oxygens (including phenoxy) is 3. The molecule has 1 atom stereocenters. The van der Waals surface area contributed by atoms with E-state index in [2.05, 4.69) is 16.8 Å². The van der Waals surface area contributed by atoms with Crippen molar-refractivity contribution in [2.75, 3.05) is 53.5 Å². The van der Waals surface area contributed by atoms with Gasteiger partial charge in [0.05, 0.1) is 29.0 Å². The summed E-state index contributed by atoms with van der Waals surface area (Å²) in [6, 6.07) is 24.9. The molecule has 1 unspecified atom stereocenters. The molecule has 2 heterocycles. The zero-order valence-electron chi connectivity index (χ0n) is 27.3. The van der Waals surface area contributed by atoms with Crippen molar-refractivity contribution in [2.24, 2.45) is 0 Å². The first-order chi connectivity index (χ1) is 23.2. The SMILES string of the molecule is COc1ccccc1CC(Oc1cccc2cc(-c3ccc(F)cc3)n(-c3ccc(OCCN4CCN(C)CC4)c(Cl)c3C)c12)C(=O)O. The zero-order chi connectivity index (χ0) is 33.8. The van der Waals surface area contributed by atoms with Gasteiger partial charge in [0, 0.05) is 44.5 Å². The molecular weight excluding hydrogens is 633 g/mol. The minimum atomic E-state index is -1.20. The molecule has 1 fully saturated rings. The third-order valence-corrected chi connectivity index (χ3v) is 9.36. The number of likely N-dealkylation sites (N-methyl/N-ethyl adjacent to an activating group) is 1. The number of methoxy groups -OCH3 is 1.